The Morgan fingerprint density at radius 3 is 2.79 bits per heavy atom. The van der Waals surface area contributed by atoms with Crippen molar-refractivity contribution in [2.45, 2.75) is 45.4 Å². The highest BCUT2D eigenvalue weighted by Crippen LogP contribution is 2.29. The van der Waals surface area contributed by atoms with Gasteiger partial charge in [-0.25, -0.2) is 0 Å². The number of ether oxygens (including phenoxy) is 1. The second kappa shape index (κ2) is 7.64. The first-order valence-corrected chi connectivity index (χ1v) is 7.83. The van der Waals surface area contributed by atoms with E-state index in [1.807, 2.05) is 25.1 Å². The molecule has 3 heteroatoms. The van der Waals surface area contributed by atoms with Crippen LogP contribution in [-0.4, -0.2) is 13.2 Å². The van der Waals surface area contributed by atoms with Gasteiger partial charge in [0.05, 0.1) is 12.3 Å². The minimum Gasteiger partial charge on any atom is -0.492 e. The topological polar surface area (TPSA) is 21.3 Å². The van der Waals surface area contributed by atoms with Crippen molar-refractivity contribution in [2.75, 3.05) is 18.5 Å². The summed E-state index contributed by atoms with van der Waals surface area (Å²) in [5.41, 5.74) is 1.02. The van der Waals surface area contributed by atoms with E-state index in [9.17, 15) is 0 Å². The Bertz CT molecular complexity index is 388. The average Bonchev–Trinajstić information content (AvgIpc) is 2.43. The summed E-state index contributed by atoms with van der Waals surface area (Å²) in [6, 6.07) is 5.76. The molecule has 0 amide bonds. The summed E-state index contributed by atoms with van der Waals surface area (Å²) in [7, 11) is 0. The normalized spacial score (nSPS) is 16.3. The van der Waals surface area contributed by atoms with Gasteiger partial charge in [0.25, 0.3) is 0 Å². The number of nitrogens with one attached hydrogen (secondary N) is 1. The van der Waals surface area contributed by atoms with Crippen LogP contribution in [0.4, 0.5) is 5.69 Å². The molecule has 0 bridgehead atoms. The first-order valence-electron chi connectivity index (χ1n) is 7.46. The zero-order valence-electron chi connectivity index (χ0n) is 11.8. The molecule has 0 atom stereocenters. The summed E-state index contributed by atoms with van der Waals surface area (Å²) in [6.45, 7) is 3.68. The fourth-order valence-electron chi connectivity index (χ4n) is 2.81. The number of hydrogen-bond acceptors (Lipinski definition) is 2. The third-order valence-electron chi connectivity index (χ3n) is 3.83. The molecule has 0 radical (unpaired) electrons. The molecule has 1 fully saturated rings. The van der Waals surface area contributed by atoms with E-state index in [1.54, 1.807) is 0 Å². The monoisotopic (exact) mass is 281 g/mol. The molecule has 0 aliphatic heterocycles. The Morgan fingerprint density at radius 2 is 2.05 bits per heavy atom. The lowest BCUT2D eigenvalue weighted by Gasteiger charge is -2.22. The lowest BCUT2D eigenvalue weighted by molar-refractivity contribution is 0.339. The van der Waals surface area contributed by atoms with Crippen molar-refractivity contribution in [3.05, 3.63) is 23.2 Å². The number of hydrogen-bond donors (Lipinski definition) is 1. The van der Waals surface area contributed by atoms with Gasteiger partial charge in [-0.1, -0.05) is 43.7 Å². The maximum absolute atomic E-state index is 6.05. The molecular weight excluding hydrogens is 258 g/mol. The molecule has 0 spiro atoms. The summed E-state index contributed by atoms with van der Waals surface area (Å²) < 4.78 is 5.61. The Hall–Kier alpha value is -0.890. The molecule has 2 nitrogen and oxygen atoms in total. The molecule has 0 aromatic heterocycles. The molecule has 0 heterocycles. The molecule has 2 rings (SSSR count). The molecule has 0 saturated heterocycles. The number of rotatable bonds is 6. The second-order valence-electron chi connectivity index (χ2n) is 5.29. The van der Waals surface area contributed by atoms with Crippen LogP contribution in [-0.2, 0) is 0 Å². The SMILES string of the molecule is CCOc1ccc(Cl)cc1NCCC1CCCCC1. The molecule has 0 unspecified atom stereocenters. The van der Waals surface area contributed by atoms with E-state index in [0.717, 1.165) is 28.9 Å². The predicted octanol–water partition coefficient (Wildman–Crippen LogP) is 5.12. The molecule has 1 aliphatic carbocycles. The van der Waals surface area contributed by atoms with Gasteiger partial charge in [-0.05, 0) is 37.5 Å². The number of anilines is 1. The maximum atomic E-state index is 6.05. The van der Waals surface area contributed by atoms with Crippen LogP contribution in [0.1, 0.15) is 45.4 Å². The zero-order valence-corrected chi connectivity index (χ0v) is 12.5. The molecule has 19 heavy (non-hydrogen) atoms. The van der Waals surface area contributed by atoms with Crippen LogP contribution in [0.3, 0.4) is 0 Å². The van der Waals surface area contributed by atoms with Crippen LogP contribution in [0.2, 0.25) is 5.02 Å². The second-order valence-corrected chi connectivity index (χ2v) is 5.73. The minimum absolute atomic E-state index is 0.680. The highest BCUT2D eigenvalue weighted by Gasteiger charge is 2.13. The largest absolute Gasteiger partial charge is 0.492 e. The summed E-state index contributed by atoms with van der Waals surface area (Å²) >= 11 is 6.05. The molecule has 1 saturated carbocycles. The lowest BCUT2D eigenvalue weighted by atomic mass is 9.87. The lowest BCUT2D eigenvalue weighted by Crippen LogP contribution is -2.12. The van der Waals surface area contributed by atoms with Crippen molar-refractivity contribution in [2.24, 2.45) is 5.92 Å². The van der Waals surface area contributed by atoms with E-state index in [-0.39, 0.29) is 0 Å². The molecular formula is C16H24ClNO. The minimum atomic E-state index is 0.680. The van der Waals surface area contributed by atoms with Gasteiger partial charge in [-0.2, -0.15) is 0 Å². The summed E-state index contributed by atoms with van der Waals surface area (Å²) in [5.74, 6) is 1.80. The molecule has 106 valence electrons. The quantitative estimate of drug-likeness (QED) is 0.781. The fourth-order valence-corrected chi connectivity index (χ4v) is 2.98. The Labute approximate surface area is 121 Å². The van der Waals surface area contributed by atoms with E-state index >= 15 is 0 Å². The highest BCUT2D eigenvalue weighted by atomic mass is 35.5. The first kappa shape index (κ1) is 14.5. The van der Waals surface area contributed by atoms with Gasteiger partial charge in [-0.15, -0.1) is 0 Å². The predicted molar refractivity (Wildman–Crippen MR) is 82.3 cm³/mol. The van der Waals surface area contributed by atoms with Crippen molar-refractivity contribution in [1.29, 1.82) is 0 Å². The van der Waals surface area contributed by atoms with Gasteiger partial charge < -0.3 is 10.1 Å². The van der Waals surface area contributed by atoms with Crippen molar-refractivity contribution in [3.63, 3.8) is 0 Å². The Kier molecular flexibility index (Phi) is 5.84. The van der Waals surface area contributed by atoms with Gasteiger partial charge in [0.1, 0.15) is 5.75 Å². The van der Waals surface area contributed by atoms with Gasteiger partial charge in [0, 0.05) is 11.6 Å². The smallest absolute Gasteiger partial charge is 0.142 e. The summed E-state index contributed by atoms with van der Waals surface area (Å²) in [4.78, 5) is 0. The number of benzene rings is 1. The fraction of sp³-hybridized carbons (Fsp3) is 0.625. The van der Waals surface area contributed by atoms with Gasteiger partial charge in [0.2, 0.25) is 0 Å². The van der Waals surface area contributed by atoms with Gasteiger partial charge in [0.15, 0.2) is 0 Å². The van der Waals surface area contributed by atoms with E-state index in [2.05, 4.69) is 5.32 Å². The van der Waals surface area contributed by atoms with Gasteiger partial charge >= 0.3 is 0 Å². The number of halogens is 1. The van der Waals surface area contributed by atoms with Crippen molar-refractivity contribution >= 4 is 17.3 Å². The Morgan fingerprint density at radius 1 is 1.26 bits per heavy atom. The van der Waals surface area contributed by atoms with Crippen molar-refractivity contribution in [1.82, 2.24) is 0 Å². The third-order valence-corrected chi connectivity index (χ3v) is 4.07. The van der Waals surface area contributed by atoms with Crippen LogP contribution in [0.5, 0.6) is 5.75 Å². The molecule has 1 aliphatic rings. The van der Waals surface area contributed by atoms with Crippen LogP contribution >= 0.6 is 11.6 Å². The van der Waals surface area contributed by atoms with Crippen LogP contribution in [0.25, 0.3) is 0 Å². The van der Waals surface area contributed by atoms with Crippen molar-refractivity contribution < 1.29 is 4.74 Å². The standard InChI is InChI=1S/C16H24ClNO/c1-2-19-16-9-8-14(17)12-15(16)18-11-10-13-6-4-3-5-7-13/h8-9,12-13,18H,2-7,10-11H2,1H3. The first-order chi connectivity index (χ1) is 9.29. The molecule has 1 N–H and O–H groups in total. The van der Waals surface area contributed by atoms with Crippen molar-refractivity contribution in [3.8, 4) is 5.75 Å². The van der Waals surface area contributed by atoms with E-state index < -0.39 is 0 Å². The van der Waals surface area contributed by atoms with E-state index in [0.29, 0.717) is 6.61 Å². The molecule has 1 aromatic rings. The highest BCUT2D eigenvalue weighted by molar-refractivity contribution is 6.30. The van der Waals surface area contributed by atoms with Crippen LogP contribution in [0, 0.1) is 5.92 Å². The summed E-state index contributed by atoms with van der Waals surface area (Å²) in [5, 5.41) is 4.23. The van der Waals surface area contributed by atoms with Gasteiger partial charge in [-0.3, -0.25) is 0 Å². The third kappa shape index (κ3) is 4.61. The Balaban J connectivity index is 1.85. The average molecular weight is 282 g/mol. The van der Waals surface area contributed by atoms with Crippen LogP contribution in [0.15, 0.2) is 18.2 Å². The molecule has 1 aromatic carbocycles. The summed E-state index contributed by atoms with van der Waals surface area (Å²) in [6.07, 6.45) is 8.29. The maximum Gasteiger partial charge on any atom is 0.142 e. The van der Waals surface area contributed by atoms with E-state index in [1.165, 1.54) is 38.5 Å². The zero-order chi connectivity index (χ0) is 13.5. The van der Waals surface area contributed by atoms with Crippen LogP contribution < -0.4 is 10.1 Å². The van der Waals surface area contributed by atoms with E-state index in [4.69, 9.17) is 16.3 Å².